The lowest BCUT2D eigenvalue weighted by molar-refractivity contribution is -0.0125. The third kappa shape index (κ3) is 5.35. The highest BCUT2D eigenvalue weighted by Gasteiger charge is 2.09. The van der Waals surface area contributed by atoms with Gasteiger partial charge in [-0.25, -0.2) is 0 Å². The van der Waals surface area contributed by atoms with Crippen LogP contribution in [0.5, 0.6) is 5.75 Å². The summed E-state index contributed by atoms with van der Waals surface area (Å²) in [4.78, 5) is 0. The van der Waals surface area contributed by atoms with E-state index in [-0.39, 0.29) is 25.9 Å². The first-order valence-corrected chi connectivity index (χ1v) is 6.64. The van der Waals surface area contributed by atoms with Gasteiger partial charge in [-0.3, -0.25) is 0 Å². The zero-order chi connectivity index (χ0) is 13.5. The fraction of sp³-hybridized carbons (Fsp3) is 0.538. The molecule has 1 aromatic rings. The van der Waals surface area contributed by atoms with E-state index in [1.807, 2.05) is 19.9 Å². The first kappa shape index (κ1) is 15.4. The third-order valence-electron chi connectivity index (χ3n) is 2.25. The highest BCUT2D eigenvalue weighted by molar-refractivity contribution is 9.10. The first-order chi connectivity index (χ1) is 8.52. The molecule has 4 nitrogen and oxygen atoms in total. The summed E-state index contributed by atoms with van der Waals surface area (Å²) >= 11 is 3.32. The normalized spacial score (nSPS) is 12.8. The smallest absolute Gasteiger partial charge is 0.125 e. The molecule has 0 fully saturated rings. The summed E-state index contributed by atoms with van der Waals surface area (Å²) < 4.78 is 11.6. The molecule has 1 aromatic carbocycles. The number of aliphatic hydroxyl groups is 2. The van der Waals surface area contributed by atoms with Crippen LogP contribution in [0.15, 0.2) is 22.7 Å². The van der Waals surface area contributed by atoms with Crippen molar-refractivity contribution in [1.82, 2.24) is 0 Å². The standard InChI is InChI=1S/C13H19BrO4/c1-9(2)17-7-12(16)8-18-13-4-3-11(14)5-10(13)6-15/h3-5,9,12,15-16H,6-8H2,1-2H3. The van der Waals surface area contributed by atoms with Gasteiger partial charge in [0.05, 0.1) is 19.3 Å². The van der Waals surface area contributed by atoms with Crippen molar-refractivity contribution in [3.63, 3.8) is 0 Å². The molecule has 0 amide bonds. The quantitative estimate of drug-likeness (QED) is 0.808. The van der Waals surface area contributed by atoms with Crippen molar-refractivity contribution in [3.8, 4) is 5.75 Å². The predicted molar refractivity (Wildman–Crippen MR) is 72.7 cm³/mol. The van der Waals surface area contributed by atoms with Crippen molar-refractivity contribution in [2.75, 3.05) is 13.2 Å². The summed E-state index contributed by atoms with van der Waals surface area (Å²) in [5.41, 5.74) is 0.682. The van der Waals surface area contributed by atoms with Gasteiger partial charge in [0.1, 0.15) is 18.5 Å². The van der Waals surface area contributed by atoms with Gasteiger partial charge in [0.15, 0.2) is 0 Å². The fourth-order valence-corrected chi connectivity index (χ4v) is 1.76. The van der Waals surface area contributed by atoms with E-state index < -0.39 is 6.10 Å². The van der Waals surface area contributed by atoms with Crippen molar-refractivity contribution < 1.29 is 19.7 Å². The molecule has 5 heteroatoms. The lowest BCUT2D eigenvalue weighted by Crippen LogP contribution is -2.25. The largest absolute Gasteiger partial charge is 0.490 e. The summed E-state index contributed by atoms with van der Waals surface area (Å²) in [7, 11) is 0. The van der Waals surface area contributed by atoms with Crippen molar-refractivity contribution in [3.05, 3.63) is 28.2 Å². The molecule has 18 heavy (non-hydrogen) atoms. The molecule has 0 aliphatic carbocycles. The molecule has 0 saturated carbocycles. The first-order valence-electron chi connectivity index (χ1n) is 5.84. The Morgan fingerprint density at radius 3 is 2.61 bits per heavy atom. The second kappa shape index (κ2) is 7.74. The van der Waals surface area contributed by atoms with Crippen molar-refractivity contribution in [2.45, 2.75) is 32.7 Å². The Labute approximate surface area is 116 Å². The molecule has 102 valence electrons. The number of benzene rings is 1. The van der Waals surface area contributed by atoms with Gasteiger partial charge < -0.3 is 19.7 Å². The Kier molecular flexibility index (Phi) is 6.63. The average molecular weight is 319 g/mol. The van der Waals surface area contributed by atoms with Crippen molar-refractivity contribution >= 4 is 15.9 Å². The van der Waals surface area contributed by atoms with E-state index >= 15 is 0 Å². The summed E-state index contributed by atoms with van der Waals surface area (Å²) in [6, 6.07) is 5.36. The summed E-state index contributed by atoms with van der Waals surface area (Å²) in [5, 5.41) is 18.9. The highest BCUT2D eigenvalue weighted by atomic mass is 79.9. The van der Waals surface area contributed by atoms with Gasteiger partial charge in [0, 0.05) is 10.0 Å². The van der Waals surface area contributed by atoms with Crippen molar-refractivity contribution in [1.29, 1.82) is 0 Å². The topological polar surface area (TPSA) is 58.9 Å². The lowest BCUT2D eigenvalue weighted by atomic mass is 10.2. The minimum absolute atomic E-state index is 0.0836. The molecular weight excluding hydrogens is 300 g/mol. The molecule has 0 radical (unpaired) electrons. The molecule has 1 atom stereocenters. The van der Waals surface area contributed by atoms with E-state index in [0.717, 1.165) is 4.47 Å². The third-order valence-corrected chi connectivity index (χ3v) is 2.74. The van der Waals surface area contributed by atoms with Gasteiger partial charge in [0.25, 0.3) is 0 Å². The van der Waals surface area contributed by atoms with E-state index in [2.05, 4.69) is 15.9 Å². The maximum absolute atomic E-state index is 9.66. The van der Waals surface area contributed by atoms with E-state index in [4.69, 9.17) is 9.47 Å². The molecule has 0 saturated heterocycles. The number of halogens is 1. The average Bonchev–Trinajstić information content (AvgIpc) is 2.34. The van der Waals surface area contributed by atoms with Gasteiger partial charge in [-0.1, -0.05) is 15.9 Å². The van der Waals surface area contributed by atoms with Crippen molar-refractivity contribution in [2.24, 2.45) is 0 Å². The van der Waals surface area contributed by atoms with Crippen LogP contribution in [0.3, 0.4) is 0 Å². The van der Waals surface area contributed by atoms with Gasteiger partial charge in [-0.2, -0.15) is 0 Å². The molecule has 0 aliphatic heterocycles. The van der Waals surface area contributed by atoms with E-state index in [0.29, 0.717) is 11.3 Å². The Morgan fingerprint density at radius 2 is 2.00 bits per heavy atom. The van der Waals surface area contributed by atoms with E-state index in [9.17, 15) is 10.2 Å². The zero-order valence-electron chi connectivity index (χ0n) is 10.6. The van der Waals surface area contributed by atoms with Gasteiger partial charge in [-0.05, 0) is 32.0 Å². The Hall–Kier alpha value is -0.620. The van der Waals surface area contributed by atoms with Crippen LogP contribution in [0.2, 0.25) is 0 Å². The molecule has 0 bridgehead atoms. The van der Waals surface area contributed by atoms with E-state index in [1.54, 1.807) is 12.1 Å². The Morgan fingerprint density at radius 1 is 1.28 bits per heavy atom. The highest BCUT2D eigenvalue weighted by Crippen LogP contribution is 2.23. The van der Waals surface area contributed by atoms with Gasteiger partial charge >= 0.3 is 0 Å². The second-order valence-electron chi connectivity index (χ2n) is 4.26. The molecule has 1 unspecified atom stereocenters. The molecular formula is C13H19BrO4. The number of ether oxygens (including phenoxy) is 2. The molecule has 0 spiro atoms. The van der Waals surface area contributed by atoms with Crippen LogP contribution < -0.4 is 4.74 Å². The molecule has 1 rings (SSSR count). The summed E-state index contributed by atoms with van der Waals surface area (Å²) in [6.07, 6.45) is -0.595. The van der Waals surface area contributed by atoms with Crippen LogP contribution >= 0.6 is 15.9 Å². The fourth-order valence-electron chi connectivity index (χ4n) is 1.35. The Bertz CT molecular complexity index is 368. The maximum atomic E-state index is 9.66. The monoisotopic (exact) mass is 318 g/mol. The number of rotatable bonds is 7. The minimum Gasteiger partial charge on any atom is -0.490 e. The molecule has 0 aromatic heterocycles. The Balaban J connectivity index is 2.47. The van der Waals surface area contributed by atoms with Crippen LogP contribution in [-0.4, -0.2) is 35.6 Å². The summed E-state index contributed by atoms with van der Waals surface area (Å²) in [6.45, 7) is 4.09. The second-order valence-corrected chi connectivity index (χ2v) is 5.17. The van der Waals surface area contributed by atoms with Gasteiger partial charge in [-0.15, -0.1) is 0 Å². The lowest BCUT2D eigenvalue weighted by Gasteiger charge is -2.16. The van der Waals surface area contributed by atoms with Gasteiger partial charge in [0.2, 0.25) is 0 Å². The SMILES string of the molecule is CC(C)OCC(O)COc1ccc(Br)cc1CO. The van der Waals surface area contributed by atoms with E-state index in [1.165, 1.54) is 0 Å². The molecule has 2 N–H and O–H groups in total. The molecule has 0 aliphatic rings. The number of aliphatic hydroxyl groups excluding tert-OH is 2. The number of hydrogen-bond acceptors (Lipinski definition) is 4. The number of hydrogen-bond donors (Lipinski definition) is 2. The molecule has 0 heterocycles. The minimum atomic E-state index is -0.678. The summed E-state index contributed by atoms with van der Waals surface area (Å²) in [5.74, 6) is 0.573. The zero-order valence-corrected chi connectivity index (χ0v) is 12.2. The van der Waals surface area contributed by atoms with Crippen LogP contribution in [0, 0.1) is 0 Å². The van der Waals surface area contributed by atoms with Crippen LogP contribution in [0.4, 0.5) is 0 Å². The van der Waals surface area contributed by atoms with Crippen LogP contribution in [-0.2, 0) is 11.3 Å². The predicted octanol–water partition coefficient (Wildman–Crippen LogP) is 2.11. The van der Waals surface area contributed by atoms with Crippen LogP contribution in [0.25, 0.3) is 0 Å². The maximum Gasteiger partial charge on any atom is 0.125 e. The van der Waals surface area contributed by atoms with Crippen LogP contribution in [0.1, 0.15) is 19.4 Å².